The van der Waals surface area contributed by atoms with E-state index in [2.05, 4.69) is 13.8 Å². The molecule has 0 spiro atoms. The van der Waals surface area contributed by atoms with Crippen molar-refractivity contribution in [2.45, 2.75) is 45.6 Å². The van der Waals surface area contributed by atoms with Crippen LogP contribution in [0, 0.1) is 5.92 Å². The number of aliphatic hydroxyl groups is 1. The van der Waals surface area contributed by atoms with E-state index in [9.17, 15) is 4.79 Å². The van der Waals surface area contributed by atoms with Crippen LogP contribution in [0.5, 0.6) is 0 Å². The van der Waals surface area contributed by atoms with Crippen LogP contribution in [0.15, 0.2) is 0 Å². The van der Waals surface area contributed by atoms with E-state index in [0.29, 0.717) is 18.9 Å². The summed E-state index contributed by atoms with van der Waals surface area (Å²) in [6.07, 6.45) is 3.65. The Labute approximate surface area is 104 Å². The van der Waals surface area contributed by atoms with Gasteiger partial charge in [0.15, 0.2) is 0 Å². The van der Waals surface area contributed by atoms with Crippen LogP contribution in [0.2, 0.25) is 0 Å². The fourth-order valence-electron chi connectivity index (χ4n) is 2.06. The second-order valence-electron chi connectivity index (χ2n) is 5.11. The molecule has 1 aliphatic heterocycles. The number of carbonyl (C=O) groups is 1. The van der Waals surface area contributed by atoms with E-state index in [1.54, 1.807) is 0 Å². The molecular weight excluding hydrogens is 218 g/mol. The zero-order valence-corrected chi connectivity index (χ0v) is 11.0. The van der Waals surface area contributed by atoms with E-state index in [4.69, 9.17) is 9.84 Å². The van der Waals surface area contributed by atoms with Crippen molar-refractivity contribution in [3.05, 3.63) is 0 Å². The highest BCUT2D eigenvalue weighted by molar-refractivity contribution is 5.76. The van der Waals surface area contributed by atoms with E-state index < -0.39 is 0 Å². The van der Waals surface area contributed by atoms with Crippen LogP contribution in [0.3, 0.4) is 0 Å². The molecule has 1 amide bonds. The van der Waals surface area contributed by atoms with Crippen molar-refractivity contribution in [3.8, 4) is 0 Å². The van der Waals surface area contributed by atoms with Crippen molar-refractivity contribution < 1.29 is 14.6 Å². The number of carbonyl (C=O) groups excluding carboxylic acids is 1. The molecule has 1 saturated heterocycles. The normalized spacial score (nSPS) is 17.8. The van der Waals surface area contributed by atoms with Gasteiger partial charge in [0, 0.05) is 19.5 Å². The first-order chi connectivity index (χ1) is 8.13. The van der Waals surface area contributed by atoms with Gasteiger partial charge in [-0.25, -0.2) is 0 Å². The molecular formula is C13H25NO3. The Morgan fingerprint density at radius 1 is 1.41 bits per heavy atom. The van der Waals surface area contributed by atoms with Crippen LogP contribution in [0.25, 0.3) is 0 Å². The predicted octanol–water partition coefficient (Wildman–Crippen LogP) is 1.42. The standard InChI is InChI=1S/C13H25NO3/c1-11(2)3-4-13(16)14-7-5-12(6-8-14)17-10-9-15/h11-12,15H,3-10H2,1-2H3. The van der Waals surface area contributed by atoms with Crippen molar-refractivity contribution in [2.24, 2.45) is 5.92 Å². The van der Waals surface area contributed by atoms with E-state index in [0.717, 1.165) is 32.4 Å². The van der Waals surface area contributed by atoms with E-state index >= 15 is 0 Å². The van der Waals surface area contributed by atoms with Gasteiger partial charge in [-0.2, -0.15) is 0 Å². The summed E-state index contributed by atoms with van der Waals surface area (Å²) in [5.41, 5.74) is 0. The topological polar surface area (TPSA) is 49.8 Å². The first-order valence-electron chi connectivity index (χ1n) is 6.63. The molecule has 0 radical (unpaired) electrons. The summed E-state index contributed by atoms with van der Waals surface area (Å²) in [6.45, 7) is 6.37. The first-order valence-corrected chi connectivity index (χ1v) is 6.63. The summed E-state index contributed by atoms with van der Waals surface area (Å²) in [7, 11) is 0. The molecule has 0 atom stereocenters. The minimum absolute atomic E-state index is 0.0769. The molecule has 4 heteroatoms. The van der Waals surface area contributed by atoms with Crippen molar-refractivity contribution in [3.63, 3.8) is 0 Å². The second kappa shape index (κ2) is 7.67. The molecule has 0 aromatic rings. The Bertz CT molecular complexity index is 223. The van der Waals surface area contributed by atoms with Gasteiger partial charge < -0.3 is 14.7 Å². The average Bonchev–Trinajstić information content (AvgIpc) is 2.34. The number of likely N-dealkylation sites (tertiary alicyclic amines) is 1. The number of hydrogen-bond acceptors (Lipinski definition) is 3. The van der Waals surface area contributed by atoms with Gasteiger partial charge in [-0.3, -0.25) is 4.79 Å². The highest BCUT2D eigenvalue weighted by atomic mass is 16.5. The van der Waals surface area contributed by atoms with Crippen LogP contribution in [-0.4, -0.2) is 48.3 Å². The van der Waals surface area contributed by atoms with E-state index in [-0.39, 0.29) is 18.6 Å². The molecule has 0 bridgehead atoms. The molecule has 0 unspecified atom stereocenters. The Balaban J connectivity index is 2.19. The predicted molar refractivity (Wildman–Crippen MR) is 66.7 cm³/mol. The largest absolute Gasteiger partial charge is 0.394 e. The average molecular weight is 243 g/mol. The third-order valence-corrected chi connectivity index (χ3v) is 3.18. The monoisotopic (exact) mass is 243 g/mol. The van der Waals surface area contributed by atoms with Crippen LogP contribution in [0.1, 0.15) is 39.5 Å². The number of amides is 1. The zero-order valence-electron chi connectivity index (χ0n) is 11.0. The highest BCUT2D eigenvalue weighted by Crippen LogP contribution is 2.15. The minimum atomic E-state index is 0.0769. The first kappa shape index (κ1) is 14.5. The van der Waals surface area contributed by atoms with Gasteiger partial charge in [0.1, 0.15) is 0 Å². The summed E-state index contributed by atoms with van der Waals surface area (Å²) in [6, 6.07) is 0. The SMILES string of the molecule is CC(C)CCC(=O)N1CCC(OCCO)CC1. The minimum Gasteiger partial charge on any atom is -0.394 e. The van der Waals surface area contributed by atoms with Crippen LogP contribution in [0.4, 0.5) is 0 Å². The summed E-state index contributed by atoms with van der Waals surface area (Å²) < 4.78 is 5.47. The van der Waals surface area contributed by atoms with Crippen molar-refractivity contribution in [1.29, 1.82) is 0 Å². The molecule has 0 saturated carbocycles. The lowest BCUT2D eigenvalue weighted by Crippen LogP contribution is -2.41. The van der Waals surface area contributed by atoms with E-state index in [1.807, 2.05) is 4.90 Å². The molecule has 100 valence electrons. The lowest BCUT2D eigenvalue weighted by molar-refractivity contribution is -0.134. The molecule has 4 nitrogen and oxygen atoms in total. The molecule has 17 heavy (non-hydrogen) atoms. The second-order valence-corrected chi connectivity index (χ2v) is 5.11. The van der Waals surface area contributed by atoms with Gasteiger partial charge in [-0.05, 0) is 25.2 Å². The van der Waals surface area contributed by atoms with Gasteiger partial charge in [-0.1, -0.05) is 13.8 Å². The molecule has 0 aromatic carbocycles. The van der Waals surface area contributed by atoms with Gasteiger partial charge in [0.2, 0.25) is 5.91 Å². The summed E-state index contributed by atoms with van der Waals surface area (Å²) >= 11 is 0. The summed E-state index contributed by atoms with van der Waals surface area (Å²) in [5, 5.41) is 8.67. The van der Waals surface area contributed by atoms with Crippen LogP contribution in [-0.2, 0) is 9.53 Å². The van der Waals surface area contributed by atoms with Gasteiger partial charge in [0.25, 0.3) is 0 Å². The van der Waals surface area contributed by atoms with Gasteiger partial charge >= 0.3 is 0 Å². The maximum atomic E-state index is 11.9. The summed E-state index contributed by atoms with van der Waals surface area (Å²) in [4.78, 5) is 13.8. The number of rotatable bonds is 6. The maximum Gasteiger partial charge on any atom is 0.222 e. The molecule has 0 aromatic heterocycles. The molecule has 0 aliphatic carbocycles. The molecule has 1 heterocycles. The molecule has 1 N–H and O–H groups in total. The third-order valence-electron chi connectivity index (χ3n) is 3.18. The Morgan fingerprint density at radius 3 is 2.59 bits per heavy atom. The molecule has 1 rings (SSSR count). The quantitative estimate of drug-likeness (QED) is 0.767. The van der Waals surface area contributed by atoms with Crippen molar-refractivity contribution in [2.75, 3.05) is 26.3 Å². The zero-order chi connectivity index (χ0) is 12.7. The van der Waals surface area contributed by atoms with Gasteiger partial charge in [-0.15, -0.1) is 0 Å². The van der Waals surface area contributed by atoms with E-state index in [1.165, 1.54) is 0 Å². The fourth-order valence-corrected chi connectivity index (χ4v) is 2.06. The van der Waals surface area contributed by atoms with Crippen molar-refractivity contribution >= 4 is 5.91 Å². The lowest BCUT2D eigenvalue weighted by Gasteiger charge is -2.32. The third kappa shape index (κ3) is 5.50. The number of aliphatic hydroxyl groups excluding tert-OH is 1. The highest BCUT2D eigenvalue weighted by Gasteiger charge is 2.22. The Hall–Kier alpha value is -0.610. The van der Waals surface area contributed by atoms with Gasteiger partial charge in [0.05, 0.1) is 19.3 Å². The lowest BCUT2D eigenvalue weighted by atomic mass is 10.0. The number of piperidine rings is 1. The number of nitrogens with zero attached hydrogens (tertiary/aromatic N) is 1. The fraction of sp³-hybridized carbons (Fsp3) is 0.923. The van der Waals surface area contributed by atoms with Crippen molar-refractivity contribution in [1.82, 2.24) is 4.90 Å². The Morgan fingerprint density at radius 2 is 2.06 bits per heavy atom. The number of ether oxygens (including phenoxy) is 1. The summed E-state index contributed by atoms with van der Waals surface area (Å²) in [5.74, 6) is 0.865. The van der Waals surface area contributed by atoms with Crippen LogP contribution < -0.4 is 0 Å². The molecule has 1 aliphatic rings. The maximum absolute atomic E-state index is 11.9. The smallest absolute Gasteiger partial charge is 0.222 e. The molecule has 1 fully saturated rings. The van der Waals surface area contributed by atoms with Crippen LogP contribution >= 0.6 is 0 Å². The Kier molecular flexibility index (Phi) is 6.52. The number of hydrogen-bond donors (Lipinski definition) is 1.